The second-order valence-electron chi connectivity index (χ2n) is 13.3. The minimum absolute atomic E-state index is 0.0207. The fourth-order valence-electron chi connectivity index (χ4n) is 4.90. The lowest BCUT2D eigenvalue weighted by Gasteiger charge is -2.20. The quantitative estimate of drug-likeness (QED) is 0.209. The molecule has 3 nitrogen and oxygen atoms in total. The minimum Gasteiger partial charge on any atom is -0.497 e. The summed E-state index contributed by atoms with van der Waals surface area (Å²) >= 11 is 0. The highest BCUT2D eigenvalue weighted by molar-refractivity contribution is 5.40. The zero-order chi connectivity index (χ0) is 28.3. The van der Waals surface area contributed by atoms with Gasteiger partial charge in [0.15, 0.2) is 0 Å². The molecule has 1 rings (SSSR count). The molecule has 0 saturated carbocycles. The van der Waals surface area contributed by atoms with Gasteiger partial charge in [-0.1, -0.05) is 126 Å². The number of aliphatic hydroxyl groups is 1. The lowest BCUT2D eigenvalue weighted by molar-refractivity contribution is 0.273. The van der Waals surface area contributed by atoms with Gasteiger partial charge in [-0.15, -0.1) is 0 Å². The molecular formula is C34H64O3. The van der Waals surface area contributed by atoms with Crippen molar-refractivity contribution >= 4 is 0 Å². The molecule has 218 valence electrons. The fraction of sp³-hybridized carbons (Fsp3) is 0.824. The molecule has 0 aliphatic heterocycles. The lowest BCUT2D eigenvalue weighted by Crippen LogP contribution is -2.06. The molecule has 0 fully saturated rings. The Hall–Kier alpha value is -1.22. The van der Waals surface area contributed by atoms with E-state index in [0.717, 1.165) is 35.0 Å². The SMILES string of the molecule is CC(C)CCCC(C)CCCC(C)CCCC(C)CCCC(C)(C)C.COc1ccc(CO)c(OC)c1. The van der Waals surface area contributed by atoms with Gasteiger partial charge < -0.3 is 14.6 Å². The van der Waals surface area contributed by atoms with Crippen molar-refractivity contribution in [1.29, 1.82) is 0 Å². The normalized spacial score (nSPS) is 14.1. The Morgan fingerprint density at radius 3 is 1.51 bits per heavy atom. The molecule has 0 radical (unpaired) electrons. The average molecular weight is 521 g/mol. The van der Waals surface area contributed by atoms with Gasteiger partial charge in [-0.3, -0.25) is 0 Å². The third-order valence-corrected chi connectivity index (χ3v) is 7.55. The summed E-state index contributed by atoms with van der Waals surface area (Å²) in [5.41, 5.74) is 1.28. The maximum Gasteiger partial charge on any atom is 0.128 e. The van der Waals surface area contributed by atoms with Crippen molar-refractivity contribution in [1.82, 2.24) is 0 Å². The van der Waals surface area contributed by atoms with Crippen molar-refractivity contribution in [3.05, 3.63) is 23.8 Å². The van der Waals surface area contributed by atoms with E-state index in [0.29, 0.717) is 11.2 Å². The molecule has 0 heterocycles. The number of ether oxygens (including phenoxy) is 2. The number of rotatable bonds is 18. The molecule has 0 bridgehead atoms. The van der Waals surface area contributed by atoms with E-state index in [9.17, 15) is 0 Å². The second-order valence-corrected chi connectivity index (χ2v) is 13.3. The molecule has 0 aromatic heterocycles. The van der Waals surface area contributed by atoms with Crippen LogP contribution >= 0.6 is 0 Å². The third kappa shape index (κ3) is 20.4. The van der Waals surface area contributed by atoms with Crippen molar-refractivity contribution in [3.8, 4) is 11.5 Å². The highest BCUT2D eigenvalue weighted by Gasteiger charge is 2.12. The number of methoxy groups -OCH3 is 2. The first-order chi connectivity index (χ1) is 17.4. The highest BCUT2D eigenvalue weighted by Crippen LogP contribution is 2.26. The van der Waals surface area contributed by atoms with E-state index in [1.54, 1.807) is 32.4 Å². The summed E-state index contributed by atoms with van der Waals surface area (Å²) in [4.78, 5) is 0. The van der Waals surface area contributed by atoms with Crippen LogP contribution < -0.4 is 9.47 Å². The van der Waals surface area contributed by atoms with Crippen LogP contribution in [0.1, 0.15) is 138 Å². The first-order valence-electron chi connectivity index (χ1n) is 15.2. The maximum absolute atomic E-state index is 8.89. The first kappa shape index (κ1) is 35.8. The van der Waals surface area contributed by atoms with Crippen molar-refractivity contribution in [2.24, 2.45) is 29.1 Å². The summed E-state index contributed by atoms with van der Waals surface area (Å²) in [6, 6.07) is 5.30. The predicted molar refractivity (Wildman–Crippen MR) is 163 cm³/mol. The average Bonchev–Trinajstić information content (AvgIpc) is 2.82. The molecule has 0 amide bonds. The zero-order valence-corrected chi connectivity index (χ0v) is 26.5. The van der Waals surface area contributed by atoms with Crippen LogP contribution in [-0.4, -0.2) is 19.3 Å². The van der Waals surface area contributed by atoms with Gasteiger partial charge >= 0.3 is 0 Å². The molecule has 37 heavy (non-hydrogen) atoms. The minimum atomic E-state index is -0.0207. The summed E-state index contributed by atoms with van der Waals surface area (Å²) in [5, 5.41) is 8.89. The van der Waals surface area contributed by atoms with Crippen LogP contribution in [0.5, 0.6) is 11.5 Å². The van der Waals surface area contributed by atoms with Gasteiger partial charge in [0, 0.05) is 11.6 Å². The van der Waals surface area contributed by atoms with Gasteiger partial charge in [-0.2, -0.15) is 0 Å². The number of benzene rings is 1. The van der Waals surface area contributed by atoms with Crippen LogP contribution in [0.3, 0.4) is 0 Å². The van der Waals surface area contributed by atoms with Gasteiger partial charge in [-0.25, -0.2) is 0 Å². The Kier molecular flexibility index (Phi) is 20.0. The van der Waals surface area contributed by atoms with Crippen molar-refractivity contribution in [2.75, 3.05) is 14.2 Å². The van der Waals surface area contributed by atoms with E-state index in [4.69, 9.17) is 14.6 Å². The summed E-state index contributed by atoms with van der Waals surface area (Å²) in [7, 11) is 3.15. The van der Waals surface area contributed by atoms with Gasteiger partial charge in [0.2, 0.25) is 0 Å². The van der Waals surface area contributed by atoms with E-state index >= 15 is 0 Å². The number of hydrogen-bond donors (Lipinski definition) is 1. The summed E-state index contributed by atoms with van der Waals surface area (Å²) in [6.45, 7) is 19.2. The van der Waals surface area contributed by atoms with Gasteiger partial charge in [0.25, 0.3) is 0 Å². The fourth-order valence-corrected chi connectivity index (χ4v) is 4.90. The Labute approximate surface area is 232 Å². The van der Waals surface area contributed by atoms with Crippen molar-refractivity contribution in [2.45, 2.75) is 139 Å². The van der Waals surface area contributed by atoms with E-state index in [1.165, 1.54) is 77.0 Å². The molecule has 1 aromatic rings. The smallest absolute Gasteiger partial charge is 0.128 e. The van der Waals surface area contributed by atoms with Crippen LogP contribution in [0.2, 0.25) is 0 Å². The van der Waals surface area contributed by atoms with E-state index in [2.05, 4.69) is 55.4 Å². The summed E-state index contributed by atoms with van der Waals surface area (Å²) in [6.07, 6.45) is 17.2. The standard InChI is InChI=1S/C25H52.C9H12O3/c1-21(2)13-9-14-22(3)15-10-16-23(4)17-11-18-24(5)19-12-20-25(6,7)8;1-11-8-4-3-7(6-10)9(5-8)12-2/h21-24H,9-20H2,1-8H3;3-5,10H,6H2,1-2H3. The van der Waals surface area contributed by atoms with Crippen molar-refractivity contribution < 1.29 is 14.6 Å². The van der Waals surface area contributed by atoms with Gasteiger partial charge in [0.05, 0.1) is 20.8 Å². The third-order valence-electron chi connectivity index (χ3n) is 7.55. The number of hydrogen-bond acceptors (Lipinski definition) is 3. The molecule has 3 atom stereocenters. The van der Waals surface area contributed by atoms with Crippen LogP contribution in [0, 0.1) is 29.1 Å². The molecule has 1 N–H and O–H groups in total. The molecule has 0 spiro atoms. The van der Waals surface area contributed by atoms with E-state index in [1.807, 2.05) is 0 Å². The van der Waals surface area contributed by atoms with Gasteiger partial charge in [0.1, 0.15) is 11.5 Å². The zero-order valence-electron chi connectivity index (χ0n) is 26.5. The van der Waals surface area contributed by atoms with Crippen LogP contribution in [0.15, 0.2) is 18.2 Å². The molecule has 3 heteroatoms. The summed E-state index contributed by atoms with van der Waals surface area (Å²) < 4.78 is 10.0. The number of aliphatic hydroxyl groups excluding tert-OH is 1. The van der Waals surface area contributed by atoms with Crippen molar-refractivity contribution in [3.63, 3.8) is 0 Å². The Morgan fingerprint density at radius 2 is 1.14 bits per heavy atom. The van der Waals surface area contributed by atoms with Gasteiger partial charge in [-0.05, 0) is 47.6 Å². The monoisotopic (exact) mass is 520 g/mol. The molecule has 3 unspecified atom stereocenters. The predicted octanol–water partition coefficient (Wildman–Crippen LogP) is 10.5. The maximum atomic E-state index is 8.89. The van der Waals surface area contributed by atoms with Crippen LogP contribution in [-0.2, 0) is 6.61 Å². The van der Waals surface area contributed by atoms with E-state index in [-0.39, 0.29) is 6.61 Å². The first-order valence-corrected chi connectivity index (χ1v) is 15.2. The lowest BCUT2D eigenvalue weighted by atomic mass is 9.86. The Bertz CT molecular complexity index is 662. The Balaban J connectivity index is 0.000000893. The topological polar surface area (TPSA) is 38.7 Å². The van der Waals surface area contributed by atoms with Crippen LogP contribution in [0.25, 0.3) is 0 Å². The second kappa shape index (κ2) is 20.7. The molecule has 0 aliphatic rings. The molecule has 1 aromatic carbocycles. The largest absolute Gasteiger partial charge is 0.497 e. The highest BCUT2D eigenvalue weighted by atomic mass is 16.5. The summed E-state index contributed by atoms with van der Waals surface area (Å²) in [5.74, 6) is 5.05. The molecule has 0 saturated heterocycles. The van der Waals surface area contributed by atoms with Crippen LogP contribution in [0.4, 0.5) is 0 Å². The van der Waals surface area contributed by atoms with E-state index < -0.39 is 0 Å². The Morgan fingerprint density at radius 1 is 0.676 bits per heavy atom. The molecular weight excluding hydrogens is 456 g/mol. The molecule has 0 aliphatic carbocycles.